The fourth-order valence-corrected chi connectivity index (χ4v) is 4.08. The van der Waals surface area contributed by atoms with Crippen LogP contribution in [0.25, 0.3) is 22.8 Å². The van der Waals surface area contributed by atoms with E-state index in [1.165, 1.54) is 24.3 Å². The van der Waals surface area contributed by atoms with Crippen molar-refractivity contribution in [2.45, 2.75) is 18.8 Å². The number of halogens is 1. The van der Waals surface area contributed by atoms with Crippen LogP contribution in [-0.2, 0) is 4.79 Å². The topological polar surface area (TPSA) is 130 Å². The first-order valence-electron chi connectivity index (χ1n) is 11.3. The Balaban J connectivity index is 1.29. The van der Waals surface area contributed by atoms with Gasteiger partial charge in [0, 0.05) is 24.8 Å². The molecule has 1 fully saturated rings. The van der Waals surface area contributed by atoms with E-state index in [0.29, 0.717) is 35.9 Å². The van der Waals surface area contributed by atoms with E-state index in [2.05, 4.69) is 37.2 Å². The second kappa shape index (κ2) is 9.90. The predicted molar refractivity (Wildman–Crippen MR) is 128 cm³/mol. The lowest BCUT2D eigenvalue weighted by Crippen LogP contribution is -2.38. The molecule has 1 aliphatic rings. The monoisotopic (exact) mass is 487 g/mol. The average molecular weight is 487 g/mol. The molecule has 0 saturated carbocycles. The van der Waals surface area contributed by atoms with Crippen LogP contribution in [0, 0.1) is 5.82 Å². The molecule has 11 heteroatoms. The zero-order valence-corrected chi connectivity index (χ0v) is 19.1. The number of hydrogen-bond donors (Lipinski definition) is 2. The van der Waals surface area contributed by atoms with Crippen molar-refractivity contribution in [3.05, 3.63) is 78.7 Å². The minimum atomic E-state index is -0.655. The number of likely N-dealkylation sites (tertiary alicyclic amines) is 1. The summed E-state index contributed by atoms with van der Waals surface area (Å²) >= 11 is 0. The van der Waals surface area contributed by atoms with Crippen LogP contribution in [0.1, 0.15) is 35.1 Å². The summed E-state index contributed by atoms with van der Waals surface area (Å²) in [4.78, 5) is 35.0. The maximum atomic E-state index is 14.9. The van der Waals surface area contributed by atoms with E-state index in [-0.39, 0.29) is 29.0 Å². The van der Waals surface area contributed by atoms with E-state index in [1.54, 1.807) is 35.4 Å². The first-order valence-corrected chi connectivity index (χ1v) is 11.3. The Morgan fingerprint density at radius 3 is 2.89 bits per heavy atom. The molecule has 0 radical (unpaired) electrons. The Morgan fingerprint density at radius 2 is 2.11 bits per heavy atom. The van der Waals surface area contributed by atoms with E-state index in [1.807, 2.05) is 0 Å². The maximum absolute atomic E-state index is 14.9. The third-order valence-electron chi connectivity index (χ3n) is 5.93. The molecule has 2 N–H and O–H groups in total. The molecule has 0 aliphatic carbocycles. The fraction of sp³-hybridized carbons (Fsp3) is 0.200. The van der Waals surface area contributed by atoms with Crippen LogP contribution >= 0.6 is 0 Å². The summed E-state index contributed by atoms with van der Waals surface area (Å²) in [7, 11) is 0. The minimum absolute atomic E-state index is 0.00734. The lowest BCUT2D eigenvalue weighted by molar-refractivity contribution is -0.127. The molecule has 10 nitrogen and oxygen atoms in total. The lowest BCUT2D eigenvalue weighted by Gasteiger charge is -2.30. The van der Waals surface area contributed by atoms with Gasteiger partial charge in [0.05, 0.1) is 23.0 Å². The quantitative estimate of drug-likeness (QED) is 0.396. The average Bonchev–Trinajstić information content (AvgIpc) is 3.63. The number of piperidine rings is 1. The number of nitrogens with one attached hydrogen (secondary N) is 2. The van der Waals surface area contributed by atoms with E-state index in [9.17, 15) is 14.0 Å². The highest BCUT2D eigenvalue weighted by Crippen LogP contribution is 2.29. The number of carbonyl (C=O) groups excluding carboxylic acids is 2. The summed E-state index contributed by atoms with van der Waals surface area (Å²) < 4.78 is 20.3. The summed E-state index contributed by atoms with van der Waals surface area (Å²) in [5.41, 5.74) is 1.72. The molecule has 2 amide bonds. The highest BCUT2D eigenvalue weighted by atomic mass is 19.1. The molecule has 1 saturated heterocycles. The first-order chi connectivity index (χ1) is 17.5. The molecule has 4 heterocycles. The number of aromatic nitrogens is 5. The molecule has 3 aromatic heterocycles. The van der Waals surface area contributed by atoms with Crippen LogP contribution in [0.2, 0.25) is 0 Å². The van der Waals surface area contributed by atoms with Crippen molar-refractivity contribution in [2.24, 2.45) is 0 Å². The van der Waals surface area contributed by atoms with Crippen LogP contribution in [0.15, 0.2) is 65.8 Å². The third kappa shape index (κ3) is 4.76. The third-order valence-corrected chi connectivity index (χ3v) is 5.93. The summed E-state index contributed by atoms with van der Waals surface area (Å²) in [6.07, 6.45) is 4.49. The van der Waals surface area contributed by atoms with Crippen molar-refractivity contribution in [3.8, 4) is 22.8 Å². The smallest absolute Gasteiger partial charge is 0.274 e. The molecule has 1 aliphatic heterocycles. The standard InChI is InChI=1S/C25H22FN7O3/c1-2-22(34)33-12-4-5-16(14-33)25-30-23(32-36-25)15-8-9-18(17(26)13-15)29-24(35)21-7-3-6-19(28-21)20-10-11-27-31-20/h2-3,6-11,13,16H,1,4-5,12,14H2,(H,27,31)(H,29,35). The molecule has 36 heavy (non-hydrogen) atoms. The van der Waals surface area contributed by atoms with Gasteiger partial charge in [-0.1, -0.05) is 17.8 Å². The predicted octanol–water partition coefficient (Wildman–Crippen LogP) is 3.81. The maximum Gasteiger partial charge on any atom is 0.274 e. The van der Waals surface area contributed by atoms with Gasteiger partial charge in [-0.3, -0.25) is 14.7 Å². The van der Waals surface area contributed by atoms with Crippen LogP contribution in [0.5, 0.6) is 0 Å². The number of hydrogen-bond acceptors (Lipinski definition) is 7. The number of aromatic amines is 1. The van der Waals surface area contributed by atoms with Gasteiger partial charge in [-0.15, -0.1) is 0 Å². The summed E-state index contributed by atoms with van der Waals surface area (Å²) in [5.74, 6) is -0.826. The molecular formula is C25H22FN7O3. The fourth-order valence-electron chi connectivity index (χ4n) is 4.08. The Bertz CT molecular complexity index is 1420. The van der Waals surface area contributed by atoms with E-state index in [4.69, 9.17) is 4.52 Å². The summed E-state index contributed by atoms with van der Waals surface area (Å²) in [6.45, 7) is 4.65. The summed E-state index contributed by atoms with van der Waals surface area (Å²) in [5, 5.41) is 13.2. The van der Waals surface area contributed by atoms with Gasteiger partial charge in [-0.05, 0) is 55.3 Å². The van der Waals surface area contributed by atoms with Crippen molar-refractivity contribution < 1.29 is 18.5 Å². The Morgan fingerprint density at radius 1 is 1.22 bits per heavy atom. The molecule has 1 unspecified atom stereocenters. The van der Waals surface area contributed by atoms with E-state index in [0.717, 1.165) is 12.8 Å². The van der Waals surface area contributed by atoms with Gasteiger partial charge >= 0.3 is 0 Å². The Kier molecular flexibility index (Phi) is 6.35. The largest absolute Gasteiger partial charge is 0.339 e. The normalized spacial score (nSPS) is 15.5. The molecule has 182 valence electrons. The highest BCUT2D eigenvalue weighted by molar-refractivity contribution is 6.03. The number of benzene rings is 1. The second-order valence-electron chi connectivity index (χ2n) is 8.31. The highest BCUT2D eigenvalue weighted by Gasteiger charge is 2.28. The zero-order chi connectivity index (χ0) is 25.1. The van der Waals surface area contributed by atoms with Gasteiger partial charge < -0.3 is 14.7 Å². The van der Waals surface area contributed by atoms with Crippen molar-refractivity contribution in [2.75, 3.05) is 18.4 Å². The van der Waals surface area contributed by atoms with Crippen LogP contribution in [0.3, 0.4) is 0 Å². The molecule has 1 aromatic carbocycles. The Labute approximate surface area is 205 Å². The number of carbonyl (C=O) groups is 2. The summed E-state index contributed by atoms with van der Waals surface area (Å²) in [6, 6.07) is 10.9. The van der Waals surface area contributed by atoms with Crippen LogP contribution < -0.4 is 5.32 Å². The van der Waals surface area contributed by atoms with Gasteiger partial charge in [-0.2, -0.15) is 10.1 Å². The molecule has 0 bridgehead atoms. The molecule has 4 aromatic rings. The molecule has 1 atom stereocenters. The van der Waals surface area contributed by atoms with Gasteiger partial charge in [0.15, 0.2) is 0 Å². The number of amides is 2. The second-order valence-corrected chi connectivity index (χ2v) is 8.31. The van der Waals surface area contributed by atoms with Crippen molar-refractivity contribution in [1.82, 2.24) is 30.2 Å². The van der Waals surface area contributed by atoms with Gasteiger partial charge in [0.2, 0.25) is 17.6 Å². The number of nitrogens with zero attached hydrogens (tertiary/aromatic N) is 5. The molecule has 0 spiro atoms. The van der Waals surface area contributed by atoms with Gasteiger partial charge in [0.1, 0.15) is 11.5 Å². The SMILES string of the molecule is C=CC(=O)N1CCCC(c2nc(-c3ccc(NC(=O)c4cccc(-c5ccn[nH]5)n4)c(F)c3)no2)C1. The van der Waals surface area contributed by atoms with E-state index < -0.39 is 11.7 Å². The van der Waals surface area contributed by atoms with Crippen LogP contribution in [0.4, 0.5) is 10.1 Å². The van der Waals surface area contributed by atoms with Gasteiger partial charge in [0.25, 0.3) is 5.91 Å². The molecular weight excluding hydrogens is 465 g/mol. The van der Waals surface area contributed by atoms with Crippen molar-refractivity contribution in [1.29, 1.82) is 0 Å². The lowest BCUT2D eigenvalue weighted by atomic mass is 9.98. The number of H-pyrrole nitrogens is 1. The van der Waals surface area contributed by atoms with Crippen molar-refractivity contribution in [3.63, 3.8) is 0 Å². The van der Waals surface area contributed by atoms with Gasteiger partial charge in [-0.25, -0.2) is 9.37 Å². The Hall–Kier alpha value is -4.67. The first kappa shape index (κ1) is 23.1. The number of pyridine rings is 1. The minimum Gasteiger partial charge on any atom is -0.339 e. The van der Waals surface area contributed by atoms with Crippen molar-refractivity contribution >= 4 is 17.5 Å². The molecule has 5 rings (SSSR count). The zero-order valence-electron chi connectivity index (χ0n) is 19.1. The number of anilines is 1. The van der Waals surface area contributed by atoms with Crippen LogP contribution in [-0.4, -0.2) is 55.1 Å². The number of rotatable bonds is 6. The van der Waals surface area contributed by atoms with E-state index >= 15 is 0 Å².